The maximum atomic E-state index is 13.6. The van der Waals surface area contributed by atoms with Crippen LogP contribution in [0.1, 0.15) is 18.1 Å². The molecule has 1 aromatic rings. The first-order valence-electron chi connectivity index (χ1n) is 4.63. The summed E-state index contributed by atoms with van der Waals surface area (Å²) in [4.78, 5) is 0. The van der Waals surface area contributed by atoms with Gasteiger partial charge in [0, 0.05) is 0 Å². The Balaban J connectivity index is 2.53. The third-order valence-corrected chi connectivity index (χ3v) is 2.60. The fourth-order valence-corrected chi connectivity index (χ4v) is 1.61. The lowest BCUT2D eigenvalue weighted by molar-refractivity contribution is -0.0881. The van der Waals surface area contributed by atoms with E-state index in [1.807, 2.05) is 6.92 Å². The van der Waals surface area contributed by atoms with Crippen LogP contribution in [0.4, 0.5) is 8.78 Å². The zero-order valence-electron chi connectivity index (χ0n) is 8.18. The predicted octanol–water partition coefficient (Wildman–Crippen LogP) is 3.12. The van der Waals surface area contributed by atoms with Crippen LogP contribution in [0, 0.1) is 12.8 Å². The van der Waals surface area contributed by atoms with E-state index in [4.69, 9.17) is 4.74 Å². The van der Waals surface area contributed by atoms with Gasteiger partial charge in [-0.1, -0.05) is 13.0 Å². The second kappa shape index (κ2) is 2.94. The summed E-state index contributed by atoms with van der Waals surface area (Å²) >= 11 is 0. The van der Waals surface area contributed by atoms with E-state index < -0.39 is 11.8 Å². The molecule has 0 radical (unpaired) electrons. The summed E-state index contributed by atoms with van der Waals surface area (Å²) in [5, 5.41) is 0. The van der Waals surface area contributed by atoms with Gasteiger partial charge in [0.15, 0.2) is 0 Å². The Morgan fingerprint density at radius 1 is 1.43 bits per heavy atom. The first-order chi connectivity index (χ1) is 6.51. The first kappa shape index (κ1) is 9.44. The molecule has 1 aliphatic heterocycles. The molecule has 1 heterocycles. The molecule has 0 amide bonds. The molecule has 2 rings (SSSR count). The van der Waals surface area contributed by atoms with Crippen molar-refractivity contribution in [3.05, 3.63) is 29.3 Å². The number of hydrogen-bond donors (Lipinski definition) is 0. The van der Waals surface area contributed by atoms with Gasteiger partial charge in [0.25, 0.3) is 5.92 Å². The average molecular weight is 198 g/mol. The van der Waals surface area contributed by atoms with Crippen LogP contribution in [0.15, 0.2) is 18.2 Å². The minimum Gasteiger partial charge on any atom is -0.493 e. The molecule has 0 saturated heterocycles. The van der Waals surface area contributed by atoms with Gasteiger partial charge in [-0.2, -0.15) is 0 Å². The van der Waals surface area contributed by atoms with E-state index in [0.717, 1.165) is 5.56 Å². The number of benzene rings is 1. The number of hydrogen-bond acceptors (Lipinski definition) is 1. The largest absolute Gasteiger partial charge is 0.493 e. The number of rotatable bonds is 0. The Kier molecular flexibility index (Phi) is 1.98. The quantitative estimate of drug-likeness (QED) is 0.622. The number of ether oxygens (including phenoxy) is 1. The Bertz CT molecular complexity index is 360. The lowest BCUT2D eigenvalue weighted by Crippen LogP contribution is -2.33. The average Bonchev–Trinajstić information content (AvgIpc) is 2.12. The van der Waals surface area contributed by atoms with Crippen LogP contribution in [0.25, 0.3) is 0 Å². The van der Waals surface area contributed by atoms with Crippen molar-refractivity contribution < 1.29 is 13.5 Å². The zero-order chi connectivity index (χ0) is 10.3. The van der Waals surface area contributed by atoms with E-state index in [1.165, 1.54) is 13.0 Å². The van der Waals surface area contributed by atoms with E-state index in [-0.39, 0.29) is 12.2 Å². The molecule has 1 atom stereocenters. The van der Waals surface area contributed by atoms with Gasteiger partial charge >= 0.3 is 0 Å². The second-order valence-electron chi connectivity index (χ2n) is 3.83. The molecule has 76 valence electrons. The first-order valence-corrected chi connectivity index (χ1v) is 4.63. The van der Waals surface area contributed by atoms with E-state index in [0.29, 0.717) is 5.75 Å². The monoisotopic (exact) mass is 198 g/mol. The van der Waals surface area contributed by atoms with Crippen molar-refractivity contribution in [1.29, 1.82) is 0 Å². The van der Waals surface area contributed by atoms with Crippen molar-refractivity contribution >= 4 is 0 Å². The van der Waals surface area contributed by atoms with Crippen LogP contribution in [-0.2, 0) is 5.92 Å². The third kappa shape index (κ3) is 1.27. The standard InChI is InChI=1S/C11H12F2O/c1-7-3-4-9-10(5-7)14-6-8(2)11(9,12)13/h3-5,8H,6H2,1-2H3. The Labute approximate surface area is 81.7 Å². The number of fused-ring (bicyclic) bond motifs is 1. The highest BCUT2D eigenvalue weighted by molar-refractivity contribution is 5.41. The molecule has 1 unspecified atom stereocenters. The molecule has 0 spiro atoms. The fraction of sp³-hybridized carbons (Fsp3) is 0.455. The van der Waals surface area contributed by atoms with E-state index in [2.05, 4.69) is 0 Å². The molecule has 1 aromatic carbocycles. The molecule has 0 bridgehead atoms. The van der Waals surface area contributed by atoms with Gasteiger partial charge in [-0.05, 0) is 24.6 Å². The maximum Gasteiger partial charge on any atom is 0.282 e. The summed E-state index contributed by atoms with van der Waals surface area (Å²) in [7, 11) is 0. The normalized spacial score (nSPS) is 23.9. The molecule has 3 heteroatoms. The summed E-state index contributed by atoms with van der Waals surface area (Å²) in [5.74, 6) is -3.19. The van der Waals surface area contributed by atoms with Crippen molar-refractivity contribution in [2.45, 2.75) is 19.8 Å². The molecule has 1 aliphatic rings. The second-order valence-corrected chi connectivity index (χ2v) is 3.83. The summed E-state index contributed by atoms with van der Waals surface area (Å²) in [5.41, 5.74) is 0.955. The number of halogens is 2. The maximum absolute atomic E-state index is 13.6. The summed E-state index contributed by atoms with van der Waals surface area (Å²) in [6.45, 7) is 3.45. The van der Waals surface area contributed by atoms with Gasteiger partial charge in [0.1, 0.15) is 5.75 Å². The SMILES string of the molecule is Cc1ccc2c(c1)OCC(C)C2(F)F. The van der Waals surface area contributed by atoms with Gasteiger partial charge in [-0.15, -0.1) is 0 Å². The van der Waals surface area contributed by atoms with Gasteiger partial charge in [-0.3, -0.25) is 0 Å². The van der Waals surface area contributed by atoms with Gasteiger partial charge in [-0.25, -0.2) is 8.78 Å². The molecule has 0 fully saturated rings. The Morgan fingerprint density at radius 2 is 2.14 bits per heavy atom. The molecule has 1 nitrogen and oxygen atoms in total. The lowest BCUT2D eigenvalue weighted by atomic mass is 9.93. The van der Waals surface area contributed by atoms with Crippen LogP contribution in [0.3, 0.4) is 0 Å². The van der Waals surface area contributed by atoms with Gasteiger partial charge in [0.2, 0.25) is 0 Å². The highest BCUT2D eigenvalue weighted by Crippen LogP contribution is 2.44. The zero-order valence-corrected chi connectivity index (χ0v) is 8.18. The van der Waals surface area contributed by atoms with Crippen molar-refractivity contribution in [2.24, 2.45) is 5.92 Å². The van der Waals surface area contributed by atoms with Crippen molar-refractivity contribution in [3.63, 3.8) is 0 Å². The number of alkyl halides is 2. The highest BCUT2D eigenvalue weighted by atomic mass is 19.3. The number of aryl methyl sites for hydroxylation is 1. The van der Waals surface area contributed by atoms with Crippen LogP contribution in [0.5, 0.6) is 5.75 Å². The Morgan fingerprint density at radius 3 is 2.86 bits per heavy atom. The molecule has 14 heavy (non-hydrogen) atoms. The van der Waals surface area contributed by atoms with Crippen LogP contribution < -0.4 is 4.74 Å². The minimum atomic E-state index is -2.76. The summed E-state index contributed by atoms with van der Waals surface area (Å²) in [6.07, 6.45) is 0. The van der Waals surface area contributed by atoms with Crippen LogP contribution in [-0.4, -0.2) is 6.61 Å². The summed E-state index contributed by atoms with van der Waals surface area (Å²) in [6, 6.07) is 4.81. The highest BCUT2D eigenvalue weighted by Gasteiger charge is 2.44. The van der Waals surface area contributed by atoms with Crippen LogP contribution >= 0.6 is 0 Å². The molecule has 0 saturated carbocycles. The molecule has 0 aromatic heterocycles. The molecule has 0 aliphatic carbocycles. The van der Waals surface area contributed by atoms with Crippen molar-refractivity contribution in [1.82, 2.24) is 0 Å². The molecular formula is C11H12F2O. The Hall–Kier alpha value is -1.12. The van der Waals surface area contributed by atoms with Gasteiger partial charge in [0.05, 0.1) is 18.1 Å². The van der Waals surface area contributed by atoms with Crippen molar-refractivity contribution in [2.75, 3.05) is 6.61 Å². The van der Waals surface area contributed by atoms with Crippen LogP contribution in [0.2, 0.25) is 0 Å². The lowest BCUT2D eigenvalue weighted by Gasteiger charge is -2.31. The predicted molar refractivity (Wildman–Crippen MR) is 49.7 cm³/mol. The summed E-state index contributed by atoms with van der Waals surface area (Å²) < 4.78 is 32.6. The fourth-order valence-electron chi connectivity index (χ4n) is 1.61. The van der Waals surface area contributed by atoms with Crippen molar-refractivity contribution in [3.8, 4) is 5.75 Å². The van der Waals surface area contributed by atoms with Gasteiger partial charge < -0.3 is 4.74 Å². The molecular weight excluding hydrogens is 186 g/mol. The third-order valence-electron chi connectivity index (χ3n) is 2.60. The van der Waals surface area contributed by atoms with E-state index in [9.17, 15) is 8.78 Å². The van der Waals surface area contributed by atoms with E-state index >= 15 is 0 Å². The minimum absolute atomic E-state index is 0.0156. The van der Waals surface area contributed by atoms with E-state index in [1.54, 1.807) is 12.1 Å². The topological polar surface area (TPSA) is 9.23 Å². The molecule has 0 N–H and O–H groups in total. The smallest absolute Gasteiger partial charge is 0.282 e.